The van der Waals surface area contributed by atoms with Crippen LogP contribution in [0.5, 0.6) is 0 Å². The van der Waals surface area contributed by atoms with Crippen LogP contribution in [0.1, 0.15) is 33.2 Å². The maximum Gasteiger partial charge on any atom is 0.418 e. The van der Waals surface area contributed by atoms with Crippen molar-refractivity contribution >= 4 is 34.8 Å². The molecule has 0 aliphatic rings. The fourth-order valence-corrected chi connectivity index (χ4v) is 2.95. The highest BCUT2D eigenvalue weighted by molar-refractivity contribution is 6.07. The van der Waals surface area contributed by atoms with Crippen LogP contribution in [0.3, 0.4) is 0 Å². The molecule has 0 aliphatic carbocycles. The fraction of sp³-hybridized carbons (Fsp3) is 0.0870. The van der Waals surface area contributed by atoms with E-state index in [0.717, 1.165) is 18.2 Å². The van der Waals surface area contributed by atoms with E-state index in [1.807, 2.05) is 0 Å². The summed E-state index contributed by atoms with van der Waals surface area (Å²) in [6.45, 7) is 1.27. The van der Waals surface area contributed by atoms with Gasteiger partial charge in [0.15, 0.2) is 0 Å². The highest BCUT2D eigenvalue weighted by Crippen LogP contribution is 2.37. The molecule has 6 nitrogen and oxygen atoms in total. The number of carbonyl (C=O) groups is 3. The van der Waals surface area contributed by atoms with Crippen LogP contribution in [0.2, 0.25) is 0 Å². The van der Waals surface area contributed by atoms with Crippen LogP contribution in [-0.2, 0) is 11.0 Å². The minimum absolute atomic E-state index is 0.0197. The van der Waals surface area contributed by atoms with Crippen molar-refractivity contribution < 1.29 is 31.9 Å². The monoisotopic (exact) mass is 459 g/mol. The molecule has 0 aliphatic heterocycles. The Balaban J connectivity index is 1.86. The Labute approximate surface area is 185 Å². The van der Waals surface area contributed by atoms with Gasteiger partial charge in [0.2, 0.25) is 5.91 Å². The van der Waals surface area contributed by atoms with Gasteiger partial charge in [-0.25, -0.2) is 4.39 Å². The molecule has 0 atom stereocenters. The Bertz CT molecular complexity index is 1230. The van der Waals surface area contributed by atoms with Gasteiger partial charge in [-0.05, 0) is 48.5 Å². The SMILES string of the molecule is CC(=O)Nc1cccc(C(=O)Nc2ccc(NC(=O)c3ccccc3F)cc2C(F)(F)F)c1. The Morgan fingerprint density at radius 3 is 2.12 bits per heavy atom. The van der Waals surface area contributed by atoms with Gasteiger partial charge in [0.05, 0.1) is 16.8 Å². The van der Waals surface area contributed by atoms with Gasteiger partial charge in [-0.2, -0.15) is 13.2 Å². The molecule has 3 aromatic rings. The number of hydrogen-bond acceptors (Lipinski definition) is 3. The molecule has 0 radical (unpaired) electrons. The van der Waals surface area contributed by atoms with Crippen LogP contribution in [0.25, 0.3) is 0 Å². The fourth-order valence-electron chi connectivity index (χ4n) is 2.95. The van der Waals surface area contributed by atoms with E-state index in [1.54, 1.807) is 0 Å². The summed E-state index contributed by atoms with van der Waals surface area (Å²) in [6.07, 6.45) is -4.86. The zero-order valence-electron chi connectivity index (χ0n) is 17.1. The van der Waals surface area contributed by atoms with Gasteiger partial charge in [-0.3, -0.25) is 14.4 Å². The second-order valence-electron chi connectivity index (χ2n) is 6.91. The third kappa shape index (κ3) is 5.94. The summed E-state index contributed by atoms with van der Waals surface area (Å²) in [6, 6.07) is 13.5. The Hall–Kier alpha value is -4.21. The van der Waals surface area contributed by atoms with Gasteiger partial charge in [-0.15, -0.1) is 0 Å². The lowest BCUT2D eigenvalue weighted by atomic mass is 10.1. The lowest BCUT2D eigenvalue weighted by molar-refractivity contribution is -0.136. The first-order valence-corrected chi connectivity index (χ1v) is 9.51. The molecular formula is C23H17F4N3O3. The molecule has 3 rings (SSSR count). The summed E-state index contributed by atoms with van der Waals surface area (Å²) in [4.78, 5) is 35.9. The van der Waals surface area contributed by atoms with Crippen LogP contribution in [0.15, 0.2) is 66.7 Å². The van der Waals surface area contributed by atoms with Crippen LogP contribution in [0.4, 0.5) is 34.6 Å². The minimum Gasteiger partial charge on any atom is -0.326 e. The third-order valence-electron chi connectivity index (χ3n) is 4.39. The average Bonchev–Trinajstić information content (AvgIpc) is 2.74. The Morgan fingerprint density at radius 1 is 0.758 bits per heavy atom. The van der Waals surface area contributed by atoms with Gasteiger partial charge >= 0.3 is 6.18 Å². The summed E-state index contributed by atoms with van der Waals surface area (Å²) in [5.41, 5.74) is -1.99. The quantitative estimate of drug-likeness (QED) is 0.452. The number of hydrogen-bond donors (Lipinski definition) is 3. The van der Waals surface area contributed by atoms with Crippen molar-refractivity contribution in [2.75, 3.05) is 16.0 Å². The second-order valence-corrected chi connectivity index (χ2v) is 6.91. The molecular weight excluding hydrogens is 442 g/mol. The number of rotatable bonds is 5. The van der Waals surface area contributed by atoms with Crippen molar-refractivity contribution in [2.45, 2.75) is 13.1 Å². The molecule has 3 aromatic carbocycles. The first-order valence-electron chi connectivity index (χ1n) is 9.51. The molecule has 3 N–H and O–H groups in total. The summed E-state index contributed by atoms with van der Waals surface area (Å²) >= 11 is 0. The zero-order chi connectivity index (χ0) is 24.2. The lowest BCUT2D eigenvalue weighted by Crippen LogP contribution is -2.18. The predicted octanol–water partition coefficient (Wildman–Crippen LogP) is 5.31. The van der Waals surface area contributed by atoms with Gasteiger partial charge in [0.25, 0.3) is 11.8 Å². The van der Waals surface area contributed by atoms with Gasteiger partial charge in [0.1, 0.15) is 5.82 Å². The topological polar surface area (TPSA) is 87.3 Å². The van der Waals surface area contributed by atoms with E-state index >= 15 is 0 Å². The minimum atomic E-state index is -4.86. The van der Waals surface area contributed by atoms with Crippen molar-refractivity contribution in [3.8, 4) is 0 Å². The van der Waals surface area contributed by atoms with Crippen molar-refractivity contribution in [3.05, 3.63) is 89.2 Å². The van der Waals surface area contributed by atoms with Crippen LogP contribution in [-0.4, -0.2) is 17.7 Å². The molecule has 170 valence electrons. The maximum absolute atomic E-state index is 13.8. The van der Waals surface area contributed by atoms with E-state index in [4.69, 9.17) is 0 Å². The second kappa shape index (κ2) is 9.51. The molecule has 0 fully saturated rings. The normalized spacial score (nSPS) is 10.9. The largest absolute Gasteiger partial charge is 0.418 e. The molecule has 33 heavy (non-hydrogen) atoms. The molecule has 0 aromatic heterocycles. The van der Waals surface area contributed by atoms with E-state index in [-0.39, 0.29) is 22.7 Å². The average molecular weight is 459 g/mol. The van der Waals surface area contributed by atoms with E-state index < -0.39 is 35.1 Å². The summed E-state index contributed by atoms with van der Waals surface area (Å²) < 4.78 is 54.7. The summed E-state index contributed by atoms with van der Waals surface area (Å²) in [7, 11) is 0. The smallest absolute Gasteiger partial charge is 0.326 e. The van der Waals surface area contributed by atoms with E-state index in [2.05, 4.69) is 16.0 Å². The van der Waals surface area contributed by atoms with Crippen LogP contribution < -0.4 is 16.0 Å². The predicted molar refractivity (Wildman–Crippen MR) is 114 cm³/mol. The van der Waals surface area contributed by atoms with Crippen LogP contribution >= 0.6 is 0 Å². The Morgan fingerprint density at radius 2 is 1.45 bits per heavy atom. The molecule has 0 unspecified atom stereocenters. The van der Waals surface area contributed by atoms with Crippen LogP contribution in [0, 0.1) is 5.82 Å². The number of carbonyl (C=O) groups excluding carboxylic acids is 3. The lowest BCUT2D eigenvalue weighted by Gasteiger charge is -2.16. The highest BCUT2D eigenvalue weighted by Gasteiger charge is 2.34. The standard InChI is InChI=1S/C23H17F4N3O3/c1-13(31)28-15-6-4-5-14(11-15)21(32)30-20-10-9-16(12-18(20)23(25,26)27)29-22(33)17-7-2-3-8-19(17)24/h2-12H,1H3,(H,28,31)(H,29,33)(H,30,32). The van der Waals surface area contributed by atoms with E-state index in [0.29, 0.717) is 11.8 Å². The molecule has 0 spiro atoms. The first kappa shape index (κ1) is 23.5. The van der Waals surface area contributed by atoms with Gasteiger partial charge < -0.3 is 16.0 Å². The molecule has 0 saturated carbocycles. The van der Waals surface area contributed by atoms with Crippen molar-refractivity contribution in [3.63, 3.8) is 0 Å². The molecule has 0 saturated heterocycles. The van der Waals surface area contributed by atoms with Crippen molar-refractivity contribution in [1.82, 2.24) is 0 Å². The van der Waals surface area contributed by atoms with Crippen molar-refractivity contribution in [2.24, 2.45) is 0 Å². The number of amides is 3. The van der Waals surface area contributed by atoms with E-state index in [1.165, 1.54) is 49.4 Å². The number of anilines is 3. The molecule has 0 heterocycles. The zero-order valence-corrected chi connectivity index (χ0v) is 17.1. The number of benzene rings is 3. The first-order chi connectivity index (χ1) is 15.5. The summed E-state index contributed by atoms with van der Waals surface area (Å²) in [5, 5.41) is 6.89. The summed E-state index contributed by atoms with van der Waals surface area (Å²) in [5.74, 6) is -2.96. The maximum atomic E-state index is 13.8. The highest BCUT2D eigenvalue weighted by atomic mass is 19.4. The molecule has 3 amide bonds. The number of halogens is 4. The van der Waals surface area contributed by atoms with E-state index in [9.17, 15) is 31.9 Å². The molecule has 10 heteroatoms. The van der Waals surface area contributed by atoms with Gasteiger partial charge in [0, 0.05) is 23.9 Å². The Kier molecular flexibility index (Phi) is 6.76. The number of alkyl halides is 3. The third-order valence-corrected chi connectivity index (χ3v) is 4.39. The molecule has 0 bridgehead atoms. The van der Waals surface area contributed by atoms with Crippen molar-refractivity contribution in [1.29, 1.82) is 0 Å². The number of nitrogens with one attached hydrogen (secondary N) is 3. The van der Waals surface area contributed by atoms with Gasteiger partial charge in [-0.1, -0.05) is 18.2 Å².